The predicted octanol–water partition coefficient (Wildman–Crippen LogP) is 2.69. The average molecular weight is 363 g/mol. The normalized spacial score (nSPS) is 15.0. The van der Waals surface area contributed by atoms with Gasteiger partial charge in [-0.15, -0.1) is 0 Å². The van der Waals surface area contributed by atoms with Crippen LogP contribution in [0.15, 0.2) is 22.7 Å². The molecule has 7 heteroatoms. The Bertz CT molecular complexity index is 622. The van der Waals surface area contributed by atoms with Crippen LogP contribution in [0.5, 0.6) is 0 Å². The van der Waals surface area contributed by atoms with Gasteiger partial charge in [0.05, 0.1) is 12.7 Å². The second-order valence-electron chi connectivity index (χ2n) is 5.34. The summed E-state index contributed by atoms with van der Waals surface area (Å²) >= 11 is 3.28. The number of nitrogens with one attached hydrogen (secondary N) is 1. The summed E-state index contributed by atoms with van der Waals surface area (Å²) in [6.45, 7) is 0.113. The number of esters is 1. The van der Waals surface area contributed by atoms with Gasteiger partial charge in [-0.05, 0) is 47.0 Å². The number of amides is 1. The molecule has 1 aromatic carbocycles. The molecule has 1 aliphatic rings. The van der Waals surface area contributed by atoms with E-state index in [0.717, 1.165) is 25.5 Å². The van der Waals surface area contributed by atoms with Crippen molar-refractivity contribution in [1.82, 2.24) is 5.32 Å². The van der Waals surface area contributed by atoms with E-state index in [4.69, 9.17) is 5.26 Å². The lowest BCUT2D eigenvalue weighted by Gasteiger charge is -2.24. The Morgan fingerprint density at radius 1 is 1.41 bits per heavy atom. The van der Waals surface area contributed by atoms with E-state index in [1.54, 1.807) is 18.2 Å². The van der Waals surface area contributed by atoms with Crippen LogP contribution in [0, 0.1) is 11.2 Å². The summed E-state index contributed by atoms with van der Waals surface area (Å²) in [4.78, 5) is 23.8. The highest BCUT2D eigenvalue weighted by Gasteiger charge is 2.25. The average Bonchev–Trinajstić information content (AvgIpc) is 2.54. The number of hydrogen-bond donors (Lipinski definition) is 1. The summed E-state index contributed by atoms with van der Waals surface area (Å²) in [5.74, 6) is 1.66. The van der Waals surface area contributed by atoms with Gasteiger partial charge in [0, 0.05) is 22.0 Å². The van der Waals surface area contributed by atoms with Gasteiger partial charge in [0.2, 0.25) is 0 Å². The standard InChI is InChI=1S/C15H16BBrN2O3/c1-22-15(21)12-3-2-10(8-13(12)17)14(20)19-11-4-6-16(9-18)7-5-11/h2-3,8,11H,4-7H2,1H3,(H,19,20). The van der Waals surface area contributed by atoms with Crippen LogP contribution in [0.1, 0.15) is 33.6 Å². The monoisotopic (exact) mass is 362 g/mol. The molecule has 1 aliphatic heterocycles. The Balaban J connectivity index is 2.00. The molecule has 114 valence electrons. The van der Waals surface area contributed by atoms with Crippen molar-refractivity contribution >= 4 is 34.5 Å². The minimum atomic E-state index is -0.450. The second-order valence-corrected chi connectivity index (χ2v) is 6.19. The first-order valence-electron chi connectivity index (χ1n) is 7.13. The molecule has 0 unspecified atom stereocenters. The fourth-order valence-electron chi connectivity index (χ4n) is 2.57. The Kier molecular flexibility index (Phi) is 5.61. The first-order valence-corrected chi connectivity index (χ1v) is 7.92. The van der Waals surface area contributed by atoms with Crippen LogP contribution in [0.3, 0.4) is 0 Å². The summed E-state index contributed by atoms with van der Waals surface area (Å²) < 4.78 is 5.19. The van der Waals surface area contributed by atoms with E-state index in [9.17, 15) is 9.59 Å². The third-order valence-corrected chi connectivity index (χ3v) is 4.54. The molecule has 0 aliphatic carbocycles. The summed E-state index contributed by atoms with van der Waals surface area (Å²) in [6.07, 6.45) is 3.30. The van der Waals surface area contributed by atoms with Crippen molar-refractivity contribution in [1.29, 1.82) is 5.26 Å². The molecule has 0 saturated carbocycles. The Labute approximate surface area is 138 Å². The zero-order chi connectivity index (χ0) is 16.1. The molecule has 22 heavy (non-hydrogen) atoms. The lowest BCUT2D eigenvalue weighted by Crippen LogP contribution is -2.38. The van der Waals surface area contributed by atoms with E-state index in [-0.39, 0.29) is 18.7 Å². The minimum absolute atomic E-state index is 0.108. The van der Waals surface area contributed by atoms with Crippen molar-refractivity contribution < 1.29 is 14.3 Å². The zero-order valence-electron chi connectivity index (χ0n) is 12.3. The van der Waals surface area contributed by atoms with Crippen LogP contribution in [0.4, 0.5) is 0 Å². The molecule has 0 radical (unpaired) electrons. The molecule has 1 heterocycles. The summed E-state index contributed by atoms with van der Waals surface area (Å²) in [6, 6.07) is 4.89. The SMILES string of the molecule is COC(=O)c1ccc(C(=O)NC2CCB(C#N)CC2)cc1Br. The zero-order valence-corrected chi connectivity index (χ0v) is 13.9. The van der Waals surface area contributed by atoms with Gasteiger partial charge in [0.15, 0.2) is 0 Å². The second kappa shape index (κ2) is 7.46. The van der Waals surface area contributed by atoms with Crippen LogP contribution in [-0.2, 0) is 4.74 Å². The lowest BCUT2D eigenvalue weighted by molar-refractivity contribution is 0.0599. The number of benzene rings is 1. The molecule has 1 fully saturated rings. The highest BCUT2D eigenvalue weighted by Crippen LogP contribution is 2.22. The van der Waals surface area contributed by atoms with Gasteiger partial charge in [0.1, 0.15) is 0 Å². The number of nitriles is 1. The number of methoxy groups -OCH3 is 1. The lowest BCUT2D eigenvalue weighted by atomic mass is 9.42. The van der Waals surface area contributed by atoms with Gasteiger partial charge in [-0.25, -0.2) is 10.1 Å². The fourth-order valence-corrected chi connectivity index (χ4v) is 3.11. The molecule has 1 N–H and O–H groups in total. The fraction of sp³-hybridized carbons (Fsp3) is 0.400. The number of ether oxygens (including phenoxy) is 1. The maximum Gasteiger partial charge on any atom is 0.339 e. The Morgan fingerprint density at radius 2 is 2.09 bits per heavy atom. The Morgan fingerprint density at radius 3 is 2.64 bits per heavy atom. The number of nitrogens with zero attached hydrogens (tertiary/aromatic N) is 1. The number of halogens is 1. The topological polar surface area (TPSA) is 79.2 Å². The van der Waals surface area contributed by atoms with E-state index < -0.39 is 5.97 Å². The molecule has 0 spiro atoms. The van der Waals surface area contributed by atoms with E-state index in [2.05, 4.69) is 32.0 Å². The summed E-state index contributed by atoms with van der Waals surface area (Å²) in [5, 5.41) is 11.9. The molecule has 1 aromatic rings. The number of carbonyl (C=O) groups is 2. The van der Waals surface area contributed by atoms with Crippen molar-refractivity contribution in [3.05, 3.63) is 33.8 Å². The van der Waals surface area contributed by atoms with E-state index in [1.807, 2.05) is 0 Å². The van der Waals surface area contributed by atoms with E-state index in [0.29, 0.717) is 15.6 Å². The third-order valence-electron chi connectivity index (χ3n) is 3.88. The maximum atomic E-state index is 12.3. The first-order chi connectivity index (χ1) is 10.5. The number of carbonyl (C=O) groups excluding carboxylic acids is 2. The first kappa shape index (κ1) is 16.6. The Hall–Kier alpha value is -1.81. The van der Waals surface area contributed by atoms with Gasteiger partial charge in [-0.3, -0.25) is 4.79 Å². The van der Waals surface area contributed by atoms with Crippen molar-refractivity contribution in [2.24, 2.45) is 0 Å². The van der Waals surface area contributed by atoms with Crippen molar-refractivity contribution in [3.8, 4) is 5.97 Å². The van der Waals surface area contributed by atoms with Gasteiger partial charge in [0.25, 0.3) is 12.6 Å². The van der Waals surface area contributed by atoms with Gasteiger partial charge in [-0.1, -0.05) is 12.6 Å². The maximum absolute atomic E-state index is 12.3. The van der Waals surface area contributed by atoms with Crippen LogP contribution in [0.2, 0.25) is 12.6 Å². The van der Waals surface area contributed by atoms with Gasteiger partial charge in [-0.2, -0.15) is 0 Å². The highest BCUT2D eigenvalue weighted by molar-refractivity contribution is 9.10. The van der Waals surface area contributed by atoms with E-state index in [1.165, 1.54) is 7.11 Å². The van der Waals surface area contributed by atoms with Crippen molar-refractivity contribution in [2.75, 3.05) is 7.11 Å². The summed E-state index contributed by atoms with van der Waals surface area (Å²) in [7, 11) is 1.31. The summed E-state index contributed by atoms with van der Waals surface area (Å²) in [5.41, 5.74) is 0.871. The number of rotatable bonds is 3. The van der Waals surface area contributed by atoms with Crippen LogP contribution in [0.25, 0.3) is 0 Å². The van der Waals surface area contributed by atoms with Crippen molar-refractivity contribution in [3.63, 3.8) is 0 Å². The molecular formula is C15H16BBrN2O3. The van der Waals surface area contributed by atoms with Gasteiger partial charge >= 0.3 is 5.97 Å². The third kappa shape index (κ3) is 3.89. The quantitative estimate of drug-likeness (QED) is 0.662. The highest BCUT2D eigenvalue weighted by atomic mass is 79.9. The minimum Gasteiger partial charge on any atom is -0.465 e. The molecule has 0 atom stereocenters. The van der Waals surface area contributed by atoms with E-state index >= 15 is 0 Å². The van der Waals surface area contributed by atoms with Gasteiger partial charge < -0.3 is 10.1 Å². The molecule has 5 nitrogen and oxygen atoms in total. The molecule has 2 rings (SSSR count). The van der Waals surface area contributed by atoms with Crippen LogP contribution < -0.4 is 5.32 Å². The smallest absolute Gasteiger partial charge is 0.339 e. The van der Waals surface area contributed by atoms with Crippen LogP contribution >= 0.6 is 15.9 Å². The molecule has 1 saturated heterocycles. The van der Waals surface area contributed by atoms with Crippen LogP contribution in [-0.4, -0.2) is 31.7 Å². The molecule has 1 amide bonds. The molecule has 0 bridgehead atoms. The molecule has 0 aromatic heterocycles. The van der Waals surface area contributed by atoms with Crippen molar-refractivity contribution in [2.45, 2.75) is 31.5 Å². The molecular weight excluding hydrogens is 347 g/mol. The largest absolute Gasteiger partial charge is 0.465 e. The number of hydrogen-bond acceptors (Lipinski definition) is 4. The predicted molar refractivity (Wildman–Crippen MR) is 87.0 cm³/mol.